The summed E-state index contributed by atoms with van der Waals surface area (Å²) in [4.78, 5) is 38.6. The van der Waals surface area contributed by atoms with Gasteiger partial charge in [-0.2, -0.15) is 5.26 Å². The predicted octanol–water partition coefficient (Wildman–Crippen LogP) is 0.701. The molecule has 1 fully saturated rings. The minimum absolute atomic E-state index is 0.0913. The molecule has 0 saturated carbocycles. The van der Waals surface area contributed by atoms with Crippen LogP contribution in [0.15, 0.2) is 23.0 Å². The van der Waals surface area contributed by atoms with Crippen molar-refractivity contribution in [3.05, 3.63) is 50.7 Å². The number of fused-ring (bicyclic) bond motifs is 1. The zero-order valence-electron chi connectivity index (χ0n) is 15.0. The highest BCUT2D eigenvalue weighted by atomic mass is 19.2. The van der Waals surface area contributed by atoms with Crippen molar-refractivity contribution in [1.29, 1.82) is 5.26 Å². The van der Waals surface area contributed by atoms with Gasteiger partial charge in [-0.3, -0.25) is 9.59 Å². The molecular weight excluding hydrogens is 372 g/mol. The maximum atomic E-state index is 13.4. The van der Waals surface area contributed by atoms with E-state index in [2.05, 4.69) is 15.6 Å². The molecule has 10 heteroatoms. The van der Waals surface area contributed by atoms with Gasteiger partial charge in [0.1, 0.15) is 0 Å². The molecule has 0 bridgehead atoms. The molecule has 1 aliphatic heterocycles. The van der Waals surface area contributed by atoms with Crippen LogP contribution >= 0.6 is 0 Å². The number of hydrogen-bond donors (Lipinski definition) is 3. The summed E-state index contributed by atoms with van der Waals surface area (Å²) < 4.78 is 27.3. The van der Waals surface area contributed by atoms with E-state index in [1.807, 2.05) is 6.07 Å². The van der Waals surface area contributed by atoms with Crippen molar-refractivity contribution in [3.63, 3.8) is 0 Å². The van der Waals surface area contributed by atoms with Crippen LogP contribution < -0.4 is 16.2 Å². The Morgan fingerprint density at radius 2 is 2.11 bits per heavy atom. The van der Waals surface area contributed by atoms with Crippen molar-refractivity contribution >= 4 is 16.8 Å². The molecule has 0 aliphatic carbocycles. The lowest BCUT2D eigenvalue weighted by Gasteiger charge is -2.26. The van der Waals surface area contributed by atoms with E-state index in [0.29, 0.717) is 11.3 Å². The average molecular weight is 390 g/mol. The summed E-state index contributed by atoms with van der Waals surface area (Å²) in [5.41, 5.74) is -0.319. The highest BCUT2D eigenvalue weighted by Gasteiger charge is 2.37. The number of amides is 1. The summed E-state index contributed by atoms with van der Waals surface area (Å²) in [6, 6.07) is 4.65. The number of nitrogens with one attached hydrogen (secondary N) is 3. The Balaban J connectivity index is 1.68. The van der Waals surface area contributed by atoms with Gasteiger partial charge >= 0.3 is 6.17 Å². The SMILES string of the molecule is CC(NC(=O)Cc1cc2cc(F)c(F)cc2[nH]c1=O)C1CNC(C#N)[N+](=O)C1. The highest BCUT2D eigenvalue weighted by molar-refractivity contribution is 5.82. The van der Waals surface area contributed by atoms with Crippen LogP contribution in [-0.2, 0) is 11.2 Å². The first kappa shape index (κ1) is 19.6. The summed E-state index contributed by atoms with van der Waals surface area (Å²) in [6.45, 7) is 2.21. The molecule has 1 aliphatic rings. The molecule has 2 heterocycles. The lowest BCUT2D eigenvalue weighted by molar-refractivity contribution is -0.594. The van der Waals surface area contributed by atoms with Gasteiger partial charge in [0.2, 0.25) is 12.5 Å². The van der Waals surface area contributed by atoms with Gasteiger partial charge in [0.05, 0.1) is 17.9 Å². The smallest absolute Gasteiger partial charge is 0.341 e. The number of nitriles is 1. The number of rotatable bonds is 4. The Kier molecular flexibility index (Phi) is 5.46. The second-order valence-electron chi connectivity index (χ2n) is 6.81. The van der Waals surface area contributed by atoms with Crippen LogP contribution in [0, 0.1) is 33.8 Å². The summed E-state index contributed by atoms with van der Waals surface area (Å²) in [5.74, 6) is -2.78. The molecule has 28 heavy (non-hydrogen) atoms. The summed E-state index contributed by atoms with van der Waals surface area (Å²) in [7, 11) is 0. The molecule has 146 valence electrons. The van der Waals surface area contributed by atoms with Gasteiger partial charge in [-0.1, -0.05) is 0 Å². The van der Waals surface area contributed by atoms with Gasteiger partial charge in [-0.25, -0.2) is 14.1 Å². The number of halogens is 2. The lowest BCUT2D eigenvalue weighted by Crippen LogP contribution is -2.54. The molecule has 3 unspecified atom stereocenters. The van der Waals surface area contributed by atoms with Crippen LogP contribution in [0.4, 0.5) is 8.78 Å². The molecule has 1 aromatic carbocycles. The molecule has 0 radical (unpaired) electrons. The van der Waals surface area contributed by atoms with E-state index in [1.54, 1.807) is 6.92 Å². The first-order chi connectivity index (χ1) is 13.3. The third kappa shape index (κ3) is 4.04. The number of nitrogens with zero attached hydrogens (tertiary/aromatic N) is 2. The number of H-pyrrole nitrogens is 1. The molecule has 1 aromatic heterocycles. The van der Waals surface area contributed by atoms with Crippen LogP contribution in [0.25, 0.3) is 10.9 Å². The van der Waals surface area contributed by atoms with E-state index in [0.717, 1.165) is 12.1 Å². The topological polar surface area (TPSA) is 118 Å². The molecule has 8 nitrogen and oxygen atoms in total. The van der Waals surface area contributed by atoms with Crippen molar-refractivity contribution in [2.24, 2.45) is 5.92 Å². The first-order valence-corrected chi connectivity index (χ1v) is 8.65. The van der Waals surface area contributed by atoms with E-state index < -0.39 is 29.3 Å². The van der Waals surface area contributed by atoms with E-state index in [9.17, 15) is 23.3 Å². The Bertz CT molecular complexity index is 1050. The highest BCUT2D eigenvalue weighted by Crippen LogP contribution is 2.16. The number of nitroso groups, excluding NO2 is 1. The Morgan fingerprint density at radius 3 is 2.79 bits per heavy atom. The van der Waals surface area contributed by atoms with Crippen molar-refractivity contribution in [2.45, 2.75) is 25.6 Å². The molecule has 3 atom stereocenters. The summed E-state index contributed by atoms with van der Waals surface area (Å²) in [5, 5.41) is 14.6. The van der Waals surface area contributed by atoms with E-state index >= 15 is 0 Å². The second kappa shape index (κ2) is 7.82. The number of aromatic amines is 1. The largest absolute Gasteiger partial charge is 0.353 e. The third-order valence-corrected chi connectivity index (χ3v) is 4.81. The number of carbonyl (C=O) groups is 1. The van der Waals surface area contributed by atoms with Gasteiger partial charge in [0.15, 0.2) is 17.7 Å². The average Bonchev–Trinajstić information content (AvgIpc) is 2.64. The summed E-state index contributed by atoms with van der Waals surface area (Å²) >= 11 is 0. The van der Waals surface area contributed by atoms with Crippen LogP contribution in [0.2, 0.25) is 0 Å². The maximum absolute atomic E-state index is 13.4. The normalized spacial score (nSPS) is 20.6. The van der Waals surface area contributed by atoms with Crippen LogP contribution in [-0.4, -0.2) is 40.9 Å². The van der Waals surface area contributed by atoms with Crippen molar-refractivity contribution in [1.82, 2.24) is 15.6 Å². The number of pyridine rings is 1. The first-order valence-electron chi connectivity index (χ1n) is 8.65. The van der Waals surface area contributed by atoms with Gasteiger partial charge < -0.3 is 10.3 Å². The number of carbonyl (C=O) groups excluding carboxylic acids is 1. The van der Waals surface area contributed by atoms with Gasteiger partial charge in [-0.05, 0) is 19.1 Å². The van der Waals surface area contributed by atoms with Crippen molar-refractivity contribution in [2.75, 3.05) is 13.1 Å². The van der Waals surface area contributed by atoms with Crippen LogP contribution in [0.5, 0.6) is 0 Å². The molecule has 2 aromatic rings. The lowest BCUT2D eigenvalue weighted by atomic mass is 9.98. The fourth-order valence-corrected chi connectivity index (χ4v) is 3.18. The Labute approximate surface area is 158 Å². The van der Waals surface area contributed by atoms with Gasteiger partial charge in [0, 0.05) is 39.3 Å². The van der Waals surface area contributed by atoms with E-state index in [1.165, 1.54) is 6.07 Å². The minimum Gasteiger partial charge on any atom is -0.353 e. The van der Waals surface area contributed by atoms with E-state index in [4.69, 9.17) is 5.26 Å². The fourth-order valence-electron chi connectivity index (χ4n) is 3.18. The molecular formula is C18H18F2N5O3+. The predicted molar refractivity (Wildman–Crippen MR) is 95.2 cm³/mol. The molecule has 1 saturated heterocycles. The number of aromatic nitrogens is 1. The van der Waals surface area contributed by atoms with Crippen LogP contribution in [0.1, 0.15) is 12.5 Å². The van der Waals surface area contributed by atoms with Crippen molar-refractivity contribution < 1.29 is 18.3 Å². The molecule has 1 amide bonds. The number of benzene rings is 1. The minimum atomic E-state index is -1.07. The molecule has 3 rings (SSSR count). The third-order valence-electron chi connectivity index (χ3n) is 4.81. The standard InChI is InChI=1S/C18H17F2N5O3/c1-9(12-7-22-16(6-21)25(28)8-12)23-17(26)4-11-2-10-3-13(19)14(20)5-15(10)24-18(11)27/h2-3,5,9,12,16,22H,4,7-8H2,1H3,(H-,23,24,26,27)/p+1. The Morgan fingerprint density at radius 1 is 1.39 bits per heavy atom. The van der Waals surface area contributed by atoms with Crippen LogP contribution in [0.3, 0.4) is 0 Å². The summed E-state index contributed by atoms with van der Waals surface area (Å²) in [6.07, 6.45) is -1.16. The van der Waals surface area contributed by atoms with Gasteiger partial charge in [-0.15, -0.1) is 0 Å². The molecule has 0 spiro atoms. The van der Waals surface area contributed by atoms with E-state index in [-0.39, 0.29) is 41.4 Å². The maximum Gasteiger partial charge on any atom is 0.341 e. The number of hydrogen-bond acceptors (Lipinski definition) is 5. The zero-order valence-corrected chi connectivity index (χ0v) is 15.0. The van der Waals surface area contributed by atoms with Crippen molar-refractivity contribution in [3.8, 4) is 6.07 Å². The monoisotopic (exact) mass is 390 g/mol. The van der Waals surface area contributed by atoms with Gasteiger partial charge in [0.25, 0.3) is 5.56 Å². The second-order valence-corrected chi connectivity index (χ2v) is 6.81. The fraction of sp³-hybridized carbons (Fsp3) is 0.389. The Hall–Kier alpha value is -3.19. The molecule has 3 N–H and O–H groups in total. The zero-order chi connectivity index (χ0) is 20.4. The quantitative estimate of drug-likeness (QED) is 0.665.